The van der Waals surface area contributed by atoms with Gasteiger partial charge < -0.3 is 14.2 Å². The van der Waals surface area contributed by atoms with Crippen LogP contribution in [0, 0.1) is 0 Å². The first kappa shape index (κ1) is 13.1. The van der Waals surface area contributed by atoms with Crippen LogP contribution < -0.4 is 5.32 Å². The monoisotopic (exact) mass is 293 g/mol. The van der Waals surface area contributed by atoms with E-state index in [-0.39, 0.29) is 6.03 Å². The topological polar surface area (TPSA) is 67.6 Å². The van der Waals surface area contributed by atoms with Crippen LogP contribution >= 0.6 is 11.3 Å². The number of hydrogen-bond acceptors (Lipinski definition) is 5. The first-order chi connectivity index (χ1) is 9.83. The number of carbonyl (C=O) groups excluding carboxylic acids is 1. The zero-order valence-electron chi connectivity index (χ0n) is 10.9. The number of nitrogens with one attached hydrogen (secondary N) is 1. The van der Waals surface area contributed by atoms with Gasteiger partial charge in [-0.2, -0.15) is 0 Å². The summed E-state index contributed by atoms with van der Waals surface area (Å²) in [5.41, 5.74) is 0. The molecule has 0 aliphatic carbocycles. The number of anilines is 1. The molecule has 3 heterocycles. The van der Waals surface area contributed by atoms with Gasteiger partial charge >= 0.3 is 6.03 Å². The van der Waals surface area contributed by atoms with E-state index in [2.05, 4.69) is 10.5 Å². The average Bonchev–Trinajstić information content (AvgIpc) is 3.05. The van der Waals surface area contributed by atoms with Crippen LogP contribution in [0.2, 0.25) is 0 Å². The van der Waals surface area contributed by atoms with Gasteiger partial charge in [0.15, 0.2) is 11.6 Å². The maximum Gasteiger partial charge on any atom is 0.323 e. The first-order valence-electron chi connectivity index (χ1n) is 6.47. The largest absolute Gasteiger partial charge is 0.380 e. The molecule has 20 heavy (non-hydrogen) atoms. The Balaban J connectivity index is 1.64. The van der Waals surface area contributed by atoms with E-state index in [9.17, 15) is 4.79 Å². The highest BCUT2D eigenvalue weighted by Crippen LogP contribution is 2.26. The standard InChI is InChI=1S/C13H15N3O3S/c17-13(16-4-2-6-18-7-5-16)14-12-9-10(19-15-12)11-3-1-8-20-11/h1,3,8-9H,2,4-7H2,(H,14,15,17). The van der Waals surface area contributed by atoms with Crippen molar-refractivity contribution in [2.45, 2.75) is 6.42 Å². The second kappa shape index (κ2) is 6.06. The molecule has 2 aromatic heterocycles. The van der Waals surface area contributed by atoms with E-state index in [1.807, 2.05) is 17.5 Å². The first-order valence-corrected chi connectivity index (χ1v) is 7.35. The highest BCUT2D eigenvalue weighted by molar-refractivity contribution is 7.13. The summed E-state index contributed by atoms with van der Waals surface area (Å²) in [6.45, 7) is 2.58. The fourth-order valence-electron chi connectivity index (χ4n) is 2.01. The molecule has 1 aliphatic rings. The third kappa shape index (κ3) is 3.00. The minimum atomic E-state index is -0.165. The lowest BCUT2D eigenvalue weighted by Gasteiger charge is -2.18. The highest BCUT2D eigenvalue weighted by Gasteiger charge is 2.17. The molecule has 0 spiro atoms. The molecule has 1 aliphatic heterocycles. The van der Waals surface area contributed by atoms with E-state index < -0.39 is 0 Å². The Morgan fingerprint density at radius 1 is 1.40 bits per heavy atom. The Morgan fingerprint density at radius 3 is 3.20 bits per heavy atom. The zero-order valence-corrected chi connectivity index (χ0v) is 11.7. The summed E-state index contributed by atoms with van der Waals surface area (Å²) in [4.78, 5) is 14.8. The summed E-state index contributed by atoms with van der Waals surface area (Å²) in [6.07, 6.45) is 0.854. The van der Waals surface area contributed by atoms with Gasteiger partial charge in [0.1, 0.15) is 0 Å². The predicted molar refractivity (Wildman–Crippen MR) is 75.8 cm³/mol. The highest BCUT2D eigenvalue weighted by atomic mass is 32.1. The Hall–Kier alpha value is -1.86. The van der Waals surface area contributed by atoms with Crippen molar-refractivity contribution in [1.82, 2.24) is 10.1 Å². The van der Waals surface area contributed by atoms with Gasteiger partial charge in [0.05, 0.1) is 11.5 Å². The average molecular weight is 293 g/mol. The third-order valence-electron chi connectivity index (χ3n) is 3.02. The summed E-state index contributed by atoms with van der Waals surface area (Å²) in [5.74, 6) is 1.10. The molecular formula is C13H15N3O3S. The van der Waals surface area contributed by atoms with Crippen molar-refractivity contribution in [3.8, 4) is 10.6 Å². The molecule has 0 bridgehead atoms. The zero-order chi connectivity index (χ0) is 13.8. The summed E-state index contributed by atoms with van der Waals surface area (Å²) in [7, 11) is 0. The van der Waals surface area contributed by atoms with E-state index in [0.29, 0.717) is 37.9 Å². The number of amides is 2. The number of rotatable bonds is 2. The van der Waals surface area contributed by atoms with Crippen molar-refractivity contribution in [1.29, 1.82) is 0 Å². The molecule has 0 aromatic carbocycles. The normalized spacial score (nSPS) is 15.9. The van der Waals surface area contributed by atoms with Crippen LogP contribution in [0.5, 0.6) is 0 Å². The molecular weight excluding hydrogens is 278 g/mol. The molecule has 6 nitrogen and oxygen atoms in total. The van der Waals surface area contributed by atoms with Crippen LogP contribution in [-0.2, 0) is 4.74 Å². The summed E-state index contributed by atoms with van der Waals surface area (Å²) in [6, 6.07) is 5.46. The van der Waals surface area contributed by atoms with Crippen molar-refractivity contribution in [3.05, 3.63) is 23.6 Å². The van der Waals surface area contributed by atoms with Gasteiger partial charge in [-0.3, -0.25) is 5.32 Å². The molecule has 2 amide bonds. The van der Waals surface area contributed by atoms with E-state index in [0.717, 1.165) is 11.3 Å². The minimum absolute atomic E-state index is 0.165. The molecule has 3 rings (SSSR count). The second-order valence-electron chi connectivity index (χ2n) is 4.44. The number of aromatic nitrogens is 1. The van der Waals surface area contributed by atoms with Crippen molar-refractivity contribution < 1.29 is 14.1 Å². The second-order valence-corrected chi connectivity index (χ2v) is 5.38. The SMILES string of the molecule is O=C(Nc1cc(-c2cccs2)on1)N1CCCOCC1. The molecule has 1 N–H and O–H groups in total. The van der Waals surface area contributed by atoms with Crippen molar-refractivity contribution >= 4 is 23.2 Å². The molecule has 0 atom stereocenters. The van der Waals surface area contributed by atoms with E-state index in [1.165, 1.54) is 0 Å². The Morgan fingerprint density at radius 2 is 2.35 bits per heavy atom. The number of thiophene rings is 1. The Bertz CT molecular complexity index is 559. The molecule has 1 saturated heterocycles. The third-order valence-corrected chi connectivity index (χ3v) is 3.90. The van der Waals surface area contributed by atoms with Gasteiger partial charge in [0, 0.05) is 25.8 Å². The number of urea groups is 1. The van der Waals surface area contributed by atoms with Crippen LogP contribution in [0.1, 0.15) is 6.42 Å². The van der Waals surface area contributed by atoms with Gasteiger partial charge in [-0.15, -0.1) is 11.3 Å². The van der Waals surface area contributed by atoms with E-state index >= 15 is 0 Å². The molecule has 0 unspecified atom stereocenters. The van der Waals surface area contributed by atoms with E-state index in [4.69, 9.17) is 9.26 Å². The predicted octanol–water partition coefficient (Wildman–Crippen LogP) is 2.66. The molecule has 1 fully saturated rings. The van der Waals surface area contributed by atoms with Gasteiger partial charge in [0.2, 0.25) is 0 Å². The minimum Gasteiger partial charge on any atom is -0.380 e. The van der Waals surface area contributed by atoms with Gasteiger partial charge in [-0.25, -0.2) is 4.79 Å². The summed E-state index contributed by atoms with van der Waals surface area (Å²) >= 11 is 1.57. The number of hydrogen-bond donors (Lipinski definition) is 1. The lowest BCUT2D eigenvalue weighted by atomic mass is 10.3. The number of carbonyl (C=O) groups is 1. The number of nitrogens with zero attached hydrogens (tertiary/aromatic N) is 2. The van der Waals surface area contributed by atoms with Crippen LogP contribution in [-0.4, -0.2) is 42.4 Å². The molecule has 2 aromatic rings. The molecule has 0 saturated carbocycles. The fourth-order valence-corrected chi connectivity index (χ4v) is 2.68. The smallest absolute Gasteiger partial charge is 0.323 e. The van der Waals surface area contributed by atoms with Gasteiger partial charge in [0.25, 0.3) is 0 Å². The number of ether oxygens (including phenoxy) is 1. The van der Waals surface area contributed by atoms with Gasteiger partial charge in [-0.05, 0) is 17.9 Å². The van der Waals surface area contributed by atoms with Crippen LogP contribution in [0.4, 0.5) is 10.6 Å². The molecule has 0 radical (unpaired) electrons. The van der Waals surface area contributed by atoms with Crippen molar-refractivity contribution in [2.75, 3.05) is 31.6 Å². The van der Waals surface area contributed by atoms with Crippen LogP contribution in [0.15, 0.2) is 28.1 Å². The molecule has 7 heteroatoms. The molecule has 106 valence electrons. The van der Waals surface area contributed by atoms with Crippen molar-refractivity contribution in [3.63, 3.8) is 0 Å². The maximum absolute atomic E-state index is 12.1. The van der Waals surface area contributed by atoms with Crippen molar-refractivity contribution in [2.24, 2.45) is 0 Å². The van der Waals surface area contributed by atoms with E-state index in [1.54, 1.807) is 22.3 Å². The summed E-state index contributed by atoms with van der Waals surface area (Å²) in [5, 5.41) is 8.59. The lowest BCUT2D eigenvalue weighted by molar-refractivity contribution is 0.144. The van der Waals surface area contributed by atoms with Gasteiger partial charge in [-0.1, -0.05) is 11.2 Å². The Labute approximate surface area is 120 Å². The fraction of sp³-hybridized carbons (Fsp3) is 0.385. The lowest BCUT2D eigenvalue weighted by Crippen LogP contribution is -2.36. The Kier molecular flexibility index (Phi) is 3.98. The summed E-state index contributed by atoms with van der Waals surface area (Å²) < 4.78 is 10.5. The van der Waals surface area contributed by atoms with Crippen LogP contribution in [0.25, 0.3) is 10.6 Å². The maximum atomic E-state index is 12.1. The van der Waals surface area contributed by atoms with Crippen LogP contribution in [0.3, 0.4) is 0 Å². The quantitative estimate of drug-likeness (QED) is 0.924.